The van der Waals surface area contributed by atoms with Gasteiger partial charge in [0, 0.05) is 4.47 Å². The Morgan fingerprint density at radius 3 is 2.67 bits per heavy atom. The molecule has 124 valence electrons. The van der Waals surface area contributed by atoms with Gasteiger partial charge in [-0.05, 0) is 42.5 Å². The van der Waals surface area contributed by atoms with Crippen LogP contribution in [0.15, 0.2) is 51.4 Å². The number of oxazole rings is 1. The van der Waals surface area contributed by atoms with Gasteiger partial charge in [-0.3, -0.25) is 4.79 Å². The minimum atomic E-state index is -0.308. The highest BCUT2D eigenvalue weighted by Gasteiger charge is 2.08. The summed E-state index contributed by atoms with van der Waals surface area (Å²) in [5.74, 6) is 0.895. The van der Waals surface area contributed by atoms with Gasteiger partial charge >= 0.3 is 12.0 Å². The van der Waals surface area contributed by atoms with Gasteiger partial charge in [0.05, 0.1) is 20.1 Å². The number of methoxy groups -OCH3 is 1. The SMILES string of the molecule is COC(=O)CCOc1ccc(Oc2nc3cc(Br)ccc3o2)cc1. The maximum Gasteiger partial charge on any atom is 0.400 e. The predicted molar refractivity (Wildman–Crippen MR) is 90.4 cm³/mol. The lowest BCUT2D eigenvalue weighted by atomic mass is 10.3. The highest BCUT2D eigenvalue weighted by Crippen LogP contribution is 2.28. The van der Waals surface area contributed by atoms with Crippen LogP contribution in [0.4, 0.5) is 0 Å². The molecule has 3 rings (SSSR count). The number of rotatable bonds is 6. The number of fused-ring (bicyclic) bond motifs is 1. The van der Waals surface area contributed by atoms with Crippen LogP contribution in [0, 0.1) is 0 Å². The van der Waals surface area contributed by atoms with Crippen molar-refractivity contribution in [2.45, 2.75) is 6.42 Å². The second kappa shape index (κ2) is 7.35. The lowest BCUT2D eigenvalue weighted by Crippen LogP contribution is -2.07. The molecule has 0 unspecified atom stereocenters. The molecule has 6 nitrogen and oxygen atoms in total. The Morgan fingerprint density at radius 1 is 1.17 bits per heavy atom. The fourth-order valence-corrected chi connectivity index (χ4v) is 2.33. The molecule has 0 aliphatic heterocycles. The Bertz CT molecular complexity index is 844. The molecule has 1 aromatic heterocycles. The fourth-order valence-electron chi connectivity index (χ4n) is 1.98. The highest BCUT2D eigenvalue weighted by molar-refractivity contribution is 9.10. The molecule has 24 heavy (non-hydrogen) atoms. The highest BCUT2D eigenvalue weighted by atomic mass is 79.9. The van der Waals surface area contributed by atoms with E-state index in [1.54, 1.807) is 24.3 Å². The molecule has 2 aromatic carbocycles. The van der Waals surface area contributed by atoms with Crippen molar-refractivity contribution < 1.29 is 23.4 Å². The number of nitrogens with zero attached hydrogens (tertiary/aromatic N) is 1. The van der Waals surface area contributed by atoms with Crippen LogP contribution in [0.25, 0.3) is 11.1 Å². The summed E-state index contributed by atoms with van der Waals surface area (Å²) in [5, 5.41) is 0. The lowest BCUT2D eigenvalue weighted by Gasteiger charge is -2.06. The minimum Gasteiger partial charge on any atom is -0.493 e. The van der Waals surface area contributed by atoms with E-state index in [9.17, 15) is 4.79 Å². The third-order valence-electron chi connectivity index (χ3n) is 3.16. The molecule has 0 saturated heterocycles. The number of hydrogen-bond acceptors (Lipinski definition) is 6. The maximum absolute atomic E-state index is 11.0. The molecule has 0 fully saturated rings. The molecular formula is C17H14BrNO5. The normalized spacial score (nSPS) is 10.6. The number of carbonyl (C=O) groups excluding carboxylic acids is 1. The van der Waals surface area contributed by atoms with Gasteiger partial charge < -0.3 is 18.6 Å². The van der Waals surface area contributed by atoms with Crippen LogP contribution in [0.2, 0.25) is 0 Å². The summed E-state index contributed by atoms with van der Waals surface area (Å²) in [4.78, 5) is 15.3. The predicted octanol–water partition coefficient (Wildman–Crippen LogP) is 4.32. The molecule has 0 amide bonds. The molecule has 0 spiro atoms. The number of aromatic nitrogens is 1. The summed E-state index contributed by atoms with van der Waals surface area (Å²) in [6.45, 7) is 0.257. The first-order valence-electron chi connectivity index (χ1n) is 7.17. The molecule has 0 N–H and O–H groups in total. The molecule has 0 aliphatic rings. The second-order valence-electron chi connectivity index (χ2n) is 4.84. The minimum absolute atomic E-state index is 0.169. The van der Waals surface area contributed by atoms with Crippen molar-refractivity contribution in [1.29, 1.82) is 0 Å². The van der Waals surface area contributed by atoms with Crippen LogP contribution >= 0.6 is 15.9 Å². The van der Waals surface area contributed by atoms with E-state index in [-0.39, 0.29) is 25.1 Å². The second-order valence-corrected chi connectivity index (χ2v) is 5.76. The summed E-state index contributed by atoms with van der Waals surface area (Å²) < 4.78 is 22.0. The molecule has 0 radical (unpaired) electrons. The fraction of sp³-hybridized carbons (Fsp3) is 0.176. The van der Waals surface area contributed by atoms with Crippen molar-refractivity contribution in [3.63, 3.8) is 0 Å². The van der Waals surface area contributed by atoms with Gasteiger partial charge in [0.1, 0.15) is 17.0 Å². The summed E-state index contributed by atoms with van der Waals surface area (Å²) in [6.07, 6.45) is 0.371. The Labute approximate surface area is 146 Å². The Morgan fingerprint density at radius 2 is 1.92 bits per heavy atom. The number of ether oxygens (including phenoxy) is 3. The van der Waals surface area contributed by atoms with Gasteiger partial charge in [-0.2, -0.15) is 4.98 Å². The average molecular weight is 392 g/mol. The first-order valence-corrected chi connectivity index (χ1v) is 7.97. The van der Waals surface area contributed by atoms with Gasteiger partial charge in [0.2, 0.25) is 0 Å². The molecule has 0 bridgehead atoms. The summed E-state index contributed by atoms with van der Waals surface area (Å²) in [6, 6.07) is 12.5. The van der Waals surface area contributed by atoms with Crippen molar-refractivity contribution in [3.05, 3.63) is 46.9 Å². The van der Waals surface area contributed by atoms with Crippen molar-refractivity contribution in [2.75, 3.05) is 13.7 Å². The zero-order valence-corrected chi connectivity index (χ0v) is 14.4. The zero-order valence-electron chi connectivity index (χ0n) is 12.8. The van der Waals surface area contributed by atoms with Crippen LogP contribution in [-0.4, -0.2) is 24.7 Å². The molecule has 1 heterocycles. The van der Waals surface area contributed by atoms with Crippen LogP contribution in [0.1, 0.15) is 6.42 Å². The van der Waals surface area contributed by atoms with Crippen LogP contribution < -0.4 is 9.47 Å². The first kappa shape index (κ1) is 16.3. The van der Waals surface area contributed by atoms with Gasteiger partial charge in [-0.15, -0.1) is 0 Å². The zero-order chi connectivity index (χ0) is 16.9. The Kier molecular flexibility index (Phi) is 5.00. The van der Waals surface area contributed by atoms with Crippen molar-refractivity contribution in [2.24, 2.45) is 0 Å². The van der Waals surface area contributed by atoms with E-state index >= 15 is 0 Å². The van der Waals surface area contributed by atoms with Crippen LogP contribution in [-0.2, 0) is 9.53 Å². The Balaban J connectivity index is 1.61. The molecular weight excluding hydrogens is 378 g/mol. The molecule has 7 heteroatoms. The smallest absolute Gasteiger partial charge is 0.400 e. The Hall–Kier alpha value is -2.54. The third kappa shape index (κ3) is 4.05. The molecule has 0 atom stereocenters. The number of benzene rings is 2. The first-order chi connectivity index (χ1) is 11.6. The van der Waals surface area contributed by atoms with Crippen molar-refractivity contribution >= 4 is 33.0 Å². The topological polar surface area (TPSA) is 70.8 Å². The van der Waals surface area contributed by atoms with Crippen LogP contribution in [0.5, 0.6) is 17.6 Å². The van der Waals surface area contributed by atoms with Gasteiger partial charge in [-0.25, -0.2) is 0 Å². The molecule has 0 aliphatic carbocycles. The number of carbonyl (C=O) groups is 1. The monoisotopic (exact) mass is 391 g/mol. The largest absolute Gasteiger partial charge is 0.493 e. The van der Waals surface area contributed by atoms with Crippen molar-refractivity contribution in [1.82, 2.24) is 4.98 Å². The lowest BCUT2D eigenvalue weighted by molar-refractivity contribution is -0.141. The van der Waals surface area contributed by atoms with Crippen molar-refractivity contribution in [3.8, 4) is 17.6 Å². The van der Waals surface area contributed by atoms with Gasteiger partial charge in [-0.1, -0.05) is 15.9 Å². The van der Waals surface area contributed by atoms with E-state index in [0.717, 1.165) is 4.47 Å². The third-order valence-corrected chi connectivity index (χ3v) is 3.65. The average Bonchev–Trinajstić information content (AvgIpc) is 2.97. The van der Waals surface area contributed by atoms with E-state index in [2.05, 4.69) is 25.7 Å². The molecule has 0 saturated carbocycles. The van der Waals surface area contributed by atoms with E-state index in [1.807, 2.05) is 18.2 Å². The standard InChI is InChI=1S/C17H14BrNO5/c1-21-16(20)8-9-22-12-3-5-13(6-4-12)23-17-19-14-10-11(18)2-7-15(14)24-17/h2-7,10H,8-9H2,1H3. The van der Waals surface area contributed by atoms with Crippen LogP contribution in [0.3, 0.4) is 0 Å². The van der Waals surface area contributed by atoms with E-state index in [0.29, 0.717) is 22.6 Å². The summed E-state index contributed by atoms with van der Waals surface area (Å²) in [5.41, 5.74) is 1.36. The quantitative estimate of drug-likeness (QED) is 0.582. The summed E-state index contributed by atoms with van der Waals surface area (Å²) in [7, 11) is 1.35. The number of hydrogen-bond donors (Lipinski definition) is 0. The summed E-state index contributed by atoms with van der Waals surface area (Å²) >= 11 is 3.39. The number of halogens is 1. The maximum atomic E-state index is 11.0. The van der Waals surface area contributed by atoms with E-state index in [1.165, 1.54) is 7.11 Å². The number of esters is 1. The van der Waals surface area contributed by atoms with E-state index < -0.39 is 0 Å². The van der Waals surface area contributed by atoms with Gasteiger partial charge in [0.25, 0.3) is 0 Å². The van der Waals surface area contributed by atoms with E-state index in [4.69, 9.17) is 13.9 Å². The molecule has 3 aromatic rings. The van der Waals surface area contributed by atoms with Gasteiger partial charge in [0.15, 0.2) is 5.58 Å².